The molecule has 1 heterocycles. The molecule has 0 spiro atoms. The minimum absolute atomic E-state index is 0.151. The summed E-state index contributed by atoms with van der Waals surface area (Å²) in [5.41, 5.74) is 5.25. The van der Waals surface area contributed by atoms with E-state index in [1.165, 1.54) is 29.5 Å². The zero-order valence-corrected chi connectivity index (χ0v) is 17.3. The molecule has 0 amide bonds. The van der Waals surface area contributed by atoms with Crippen LogP contribution in [0.3, 0.4) is 0 Å². The zero-order chi connectivity index (χ0) is 20.3. The summed E-state index contributed by atoms with van der Waals surface area (Å²) in [6.45, 7) is 12.1. The Hall–Kier alpha value is -2.49. The molecule has 28 heavy (non-hydrogen) atoms. The van der Waals surface area contributed by atoms with Crippen LogP contribution < -0.4 is 9.47 Å². The average molecular weight is 380 g/mol. The third-order valence-corrected chi connectivity index (χ3v) is 6.76. The highest BCUT2D eigenvalue weighted by Gasteiger charge is 2.42. The van der Waals surface area contributed by atoms with Gasteiger partial charge < -0.3 is 14.6 Å². The van der Waals surface area contributed by atoms with Crippen LogP contribution in [0, 0.1) is 0 Å². The molecule has 148 valence electrons. The number of hydrogen-bond donors (Lipinski definition) is 1. The lowest BCUT2D eigenvalue weighted by atomic mass is 9.62. The third kappa shape index (κ3) is 2.86. The number of hydrogen-bond acceptors (Lipinski definition) is 3. The lowest BCUT2D eigenvalue weighted by Gasteiger charge is -2.42. The van der Waals surface area contributed by atoms with E-state index < -0.39 is 6.16 Å². The minimum atomic E-state index is -1.32. The van der Waals surface area contributed by atoms with Crippen LogP contribution in [0.15, 0.2) is 36.4 Å². The highest BCUT2D eigenvalue weighted by molar-refractivity contribution is 5.63. The molecule has 4 rings (SSSR count). The summed E-state index contributed by atoms with van der Waals surface area (Å²) >= 11 is 0. The van der Waals surface area contributed by atoms with Gasteiger partial charge >= 0.3 is 6.16 Å². The molecule has 1 aliphatic carbocycles. The van der Waals surface area contributed by atoms with Gasteiger partial charge in [0, 0.05) is 11.6 Å². The Morgan fingerprint density at radius 1 is 0.929 bits per heavy atom. The second kappa shape index (κ2) is 6.00. The number of ether oxygens (including phenoxy) is 2. The Morgan fingerprint density at radius 2 is 1.57 bits per heavy atom. The van der Waals surface area contributed by atoms with E-state index in [9.17, 15) is 4.79 Å². The fourth-order valence-corrected chi connectivity index (χ4v) is 4.71. The fraction of sp³-hybridized carbons (Fsp3) is 0.458. The molecule has 1 atom stereocenters. The van der Waals surface area contributed by atoms with Crippen molar-refractivity contribution in [2.24, 2.45) is 0 Å². The first kappa shape index (κ1) is 18.9. The van der Waals surface area contributed by atoms with Crippen molar-refractivity contribution in [3.05, 3.63) is 58.7 Å². The molecule has 2 aromatic rings. The Morgan fingerprint density at radius 3 is 2.25 bits per heavy atom. The first-order valence-corrected chi connectivity index (χ1v) is 9.87. The van der Waals surface area contributed by atoms with E-state index in [1.807, 2.05) is 6.07 Å². The molecule has 0 aromatic heterocycles. The number of benzene rings is 2. The maximum absolute atomic E-state index is 10.8. The number of carboxylic acid groups (broad SMARTS) is 1. The highest BCUT2D eigenvalue weighted by Crippen LogP contribution is 2.49. The SMILES string of the molecule is CC1(C)CCC(C)(C)c2cc(C3(C)COc4cc(OC(=O)O)ccc43)ccc21. The van der Waals surface area contributed by atoms with Gasteiger partial charge in [-0.05, 0) is 53.4 Å². The van der Waals surface area contributed by atoms with Crippen molar-refractivity contribution in [2.75, 3.05) is 6.61 Å². The summed E-state index contributed by atoms with van der Waals surface area (Å²) < 4.78 is 10.7. The highest BCUT2D eigenvalue weighted by atomic mass is 16.7. The number of rotatable bonds is 2. The van der Waals surface area contributed by atoms with Crippen LogP contribution in [0.1, 0.15) is 69.7 Å². The molecular formula is C24H28O4. The average Bonchev–Trinajstić information content (AvgIpc) is 2.96. The molecule has 0 bridgehead atoms. The van der Waals surface area contributed by atoms with Gasteiger partial charge in [-0.15, -0.1) is 0 Å². The van der Waals surface area contributed by atoms with Gasteiger partial charge in [-0.3, -0.25) is 0 Å². The quantitative estimate of drug-likeness (QED) is 0.529. The Kier molecular flexibility index (Phi) is 4.04. The molecule has 2 aliphatic rings. The number of carbonyl (C=O) groups is 1. The molecular weight excluding hydrogens is 352 g/mol. The van der Waals surface area contributed by atoms with Crippen LogP contribution in [0.25, 0.3) is 0 Å². The predicted molar refractivity (Wildman–Crippen MR) is 109 cm³/mol. The standard InChI is InChI=1S/C24H28O4/c1-22(2)10-11-23(3,4)19-12-15(6-8-17(19)22)24(5)14-27-20-13-16(28-21(25)26)7-9-18(20)24/h6-9,12-13H,10-11,14H2,1-5H3,(H,25,26). The maximum Gasteiger partial charge on any atom is 0.511 e. The van der Waals surface area contributed by atoms with Gasteiger partial charge in [0.15, 0.2) is 0 Å². The molecule has 1 aliphatic heterocycles. The first-order chi connectivity index (χ1) is 13.0. The summed E-state index contributed by atoms with van der Waals surface area (Å²) in [6, 6.07) is 12.2. The van der Waals surface area contributed by atoms with Crippen LogP contribution in [-0.2, 0) is 16.2 Å². The van der Waals surface area contributed by atoms with Crippen molar-refractivity contribution in [3.63, 3.8) is 0 Å². The second-order valence-electron chi connectivity index (χ2n) is 9.67. The lowest BCUT2D eigenvalue weighted by Crippen LogP contribution is -2.35. The van der Waals surface area contributed by atoms with Crippen LogP contribution in [0.5, 0.6) is 11.5 Å². The van der Waals surface area contributed by atoms with Crippen molar-refractivity contribution in [2.45, 2.75) is 63.7 Å². The molecule has 1 unspecified atom stereocenters. The molecule has 0 radical (unpaired) electrons. The van der Waals surface area contributed by atoms with Gasteiger partial charge in [0.1, 0.15) is 18.1 Å². The van der Waals surface area contributed by atoms with Crippen molar-refractivity contribution < 1.29 is 19.4 Å². The van der Waals surface area contributed by atoms with Crippen LogP contribution >= 0.6 is 0 Å². The van der Waals surface area contributed by atoms with E-state index in [1.54, 1.807) is 12.1 Å². The smallest absolute Gasteiger partial charge is 0.492 e. The van der Waals surface area contributed by atoms with Crippen molar-refractivity contribution >= 4 is 6.16 Å². The van der Waals surface area contributed by atoms with Crippen LogP contribution in [0.2, 0.25) is 0 Å². The largest absolute Gasteiger partial charge is 0.511 e. The maximum atomic E-state index is 10.8. The molecule has 0 saturated heterocycles. The fourth-order valence-electron chi connectivity index (χ4n) is 4.71. The van der Waals surface area contributed by atoms with Gasteiger partial charge in [-0.25, -0.2) is 4.79 Å². The minimum Gasteiger partial charge on any atom is -0.492 e. The van der Waals surface area contributed by atoms with Gasteiger partial charge in [0.05, 0.1) is 5.41 Å². The van der Waals surface area contributed by atoms with Crippen LogP contribution in [0.4, 0.5) is 4.79 Å². The number of fused-ring (bicyclic) bond motifs is 2. The summed E-state index contributed by atoms with van der Waals surface area (Å²) in [5.74, 6) is 0.974. The van der Waals surface area contributed by atoms with Gasteiger partial charge in [-0.1, -0.05) is 52.0 Å². The predicted octanol–water partition coefficient (Wildman–Crippen LogP) is 5.79. The van der Waals surface area contributed by atoms with Crippen molar-refractivity contribution in [3.8, 4) is 11.5 Å². The first-order valence-electron chi connectivity index (χ1n) is 9.87. The van der Waals surface area contributed by atoms with E-state index >= 15 is 0 Å². The summed E-state index contributed by atoms with van der Waals surface area (Å²) in [6.07, 6.45) is 1.05. The van der Waals surface area contributed by atoms with Gasteiger partial charge in [0.25, 0.3) is 0 Å². The Labute approximate surface area is 166 Å². The Balaban J connectivity index is 1.78. The lowest BCUT2D eigenvalue weighted by molar-refractivity contribution is 0.144. The molecule has 2 aromatic carbocycles. The molecule has 4 nitrogen and oxygen atoms in total. The third-order valence-electron chi connectivity index (χ3n) is 6.76. The molecule has 1 N–H and O–H groups in total. The van der Waals surface area contributed by atoms with E-state index in [-0.39, 0.29) is 22.0 Å². The van der Waals surface area contributed by atoms with Crippen LogP contribution in [-0.4, -0.2) is 17.9 Å². The van der Waals surface area contributed by atoms with Gasteiger partial charge in [-0.2, -0.15) is 0 Å². The summed E-state index contributed by atoms with van der Waals surface area (Å²) in [4.78, 5) is 10.8. The van der Waals surface area contributed by atoms with E-state index in [0.717, 1.165) is 5.56 Å². The zero-order valence-electron chi connectivity index (χ0n) is 17.3. The van der Waals surface area contributed by atoms with Crippen molar-refractivity contribution in [1.29, 1.82) is 0 Å². The summed E-state index contributed by atoms with van der Waals surface area (Å²) in [7, 11) is 0. The van der Waals surface area contributed by atoms with Gasteiger partial charge in [0.2, 0.25) is 0 Å². The molecule has 0 saturated carbocycles. The second-order valence-corrected chi connectivity index (χ2v) is 9.67. The monoisotopic (exact) mass is 380 g/mol. The van der Waals surface area contributed by atoms with Crippen molar-refractivity contribution in [1.82, 2.24) is 0 Å². The van der Waals surface area contributed by atoms with E-state index in [2.05, 4.69) is 52.8 Å². The topological polar surface area (TPSA) is 55.8 Å². The molecule has 4 heteroatoms. The van der Waals surface area contributed by atoms with E-state index in [0.29, 0.717) is 12.4 Å². The molecule has 0 fully saturated rings. The Bertz CT molecular complexity index is 957. The normalized spacial score (nSPS) is 24.0. The summed E-state index contributed by atoms with van der Waals surface area (Å²) in [5, 5.41) is 8.84. The van der Waals surface area contributed by atoms with E-state index in [4.69, 9.17) is 14.6 Å².